The number of aromatic nitrogens is 1. The number of pyridine rings is 1. The lowest BCUT2D eigenvalue weighted by atomic mass is 9.85. The fourth-order valence-corrected chi connectivity index (χ4v) is 13.4. The number of hydrogen-bond donors (Lipinski definition) is 3. The third-order valence-electron chi connectivity index (χ3n) is 19.0. The number of hydrogen-bond acceptors (Lipinski definition) is 14. The van der Waals surface area contributed by atoms with E-state index in [1.807, 2.05) is 100 Å². The summed E-state index contributed by atoms with van der Waals surface area (Å²) in [5.41, 5.74) is 0.900. The van der Waals surface area contributed by atoms with E-state index < -0.39 is 137 Å². The maximum atomic E-state index is 15.9. The van der Waals surface area contributed by atoms with E-state index in [2.05, 4.69) is 27.5 Å². The van der Waals surface area contributed by atoms with E-state index in [-0.39, 0.29) is 44.6 Å². The van der Waals surface area contributed by atoms with Gasteiger partial charge in [0, 0.05) is 97.6 Å². The lowest BCUT2D eigenvalue weighted by Gasteiger charge is -2.39. The van der Waals surface area contributed by atoms with Gasteiger partial charge in [-0.3, -0.25) is 38.4 Å². The molecule has 21 nitrogen and oxygen atoms in total. The molecule has 3 fully saturated rings. The van der Waals surface area contributed by atoms with Gasteiger partial charge in [-0.15, -0.1) is 0 Å². The number of fused-ring (bicyclic) bond motifs is 1. The second-order valence-electron chi connectivity index (χ2n) is 27.9. The Kier molecular flexibility index (Phi) is 26.1. The molecule has 4 heterocycles. The number of likely N-dealkylation sites (N-methyl/N-ethyl adjacent to an activating group) is 5. The van der Waals surface area contributed by atoms with Crippen molar-refractivity contribution in [1.82, 2.24) is 45.0 Å². The van der Waals surface area contributed by atoms with Gasteiger partial charge < -0.3 is 54.8 Å². The number of carbonyl (C=O) groups is 9. The predicted octanol–water partition coefficient (Wildman–Crippen LogP) is 6.28. The summed E-state index contributed by atoms with van der Waals surface area (Å²) in [4.78, 5) is 153. The number of piperazine rings is 1. The summed E-state index contributed by atoms with van der Waals surface area (Å²) in [5, 5.41) is 17.8. The van der Waals surface area contributed by atoms with Crippen molar-refractivity contribution in [2.75, 3.05) is 72.9 Å². The standard InChI is InChI=1S/C71H106N10O11/c1-18-46(9)58-68(88)77(15)59(44(5)6)56(82)42-51(38-43(3)4)65(85)79(17)62(71(11,12)91)70(90)92-61(47(10)19-2)69(89)78(16)60(45(7)8)64(84)73-53(40-48-26-21-20-22-27-48)66(86)76(14)55(67(87)81-33-25-31-54(81)63(83)74-58)41-49-28-23-29-50(39-49)52-30-24-32-57(72-52)80-36-34-75(13)35-37-80/h20-24,26-30,32,39,43-47,51,53-55,58-62,91H,18-19,25,31,33-38,40-42H2,1-17H3,(H,73,84)(H,74,83)/t46-,47-,51+,53-,54-,55-,58-,59-,60-,61+,62+/m0/s1. The molecule has 0 unspecified atom stereocenters. The maximum Gasteiger partial charge on any atom is 0.332 e. The Morgan fingerprint density at radius 2 is 1.23 bits per heavy atom. The van der Waals surface area contributed by atoms with Crippen LogP contribution in [0.15, 0.2) is 72.8 Å². The highest BCUT2D eigenvalue weighted by Gasteiger charge is 2.48. The van der Waals surface area contributed by atoms with Gasteiger partial charge in [0.1, 0.15) is 36.0 Å². The molecule has 11 atom stereocenters. The topological polar surface area (TPSA) is 243 Å². The Morgan fingerprint density at radius 1 is 0.620 bits per heavy atom. The zero-order valence-electron chi connectivity index (χ0n) is 57.8. The summed E-state index contributed by atoms with van der Waals surface area (Å²) in [6, 6.07) is 13.8. The quantitative estimate of drug-likeness (QED) is 0.142. The Morgan fingerprint density at radius 3 is 1.83 bits per heavy atom. The minimum atomic E-state index is -1.96. The number of ether oxygens (including phenoxy) is 1. The first-order valence-electron chi connectivity index (χ1n) is 33.3. The van der Waals surface area contributed by atoms with Crippen LogP contribution < -0.4 is 15.5 Å². The Hall–Kier alpha value is -7.26. The van der Waals surface area contributed by atoms with E-state index in [0.717, 1.165) is 42.5 Å². The summed E-state index contributed by atoms with van der Waals surface area (Å²) in [7, 11) is 7.89. The smallest absolute Gasteiger partial charge is 0.332 e. The summed E-state index contributed by atoms with van der Waals surface area (Å²) in [6.07, 6.45) is -0.285. The molecule has 3 saturated heterocycles. The van der Waals surface area contributed by atoms with Crippen LogP contribution in [0.1, 0.15) is 133 Å². The zero-order chi connectivity index (χ0) is 68.2. The Balaban J connectivity index is 1.52. The van der Waals surface area contributed by atoms with Crippen molar-refractivity contribution >= 4 is 58.9 Å². The number of rotatable bonds is 15. The van der Waals surface area contributed by atoms with Gasteiger partial charge in [0.15, 0.2) is 17.9 Å². The molecule has 3 aliphatic heterocycles. The molecule has 0 aliphatic carbocycles. The average Bonchev–Trinajstić information content (AvgIpc) is 1.17. The number of benzene rings is 2. The number of amides is 7. The molecular weight excluding hydrogens is 1170 g/mol. The van der Waals surface area contributed by atoms with Crippen LogP contribution in [0.5, 0.6) is 0 Å². The van der Waals surface area contributed by atoms with E-state index >= 15 is 28.8 Å². The molecule has 0 bridgehead atoms. The van der Waals surface area contributed by atoms with Crippen molar-refractivity contribution in [3.8, 4) is 11.3 Å². The molecule has 7 amide bonds. The van der Waals surface area contributed by atoms with Crippen molar-refractivity contribution in [2.24, 2.45) is 35.5 Å². The molecule has 0 spiro atoms. The predicted molar refractivity (Wildman–Crippen MR) is 355 cm³/mol. The van der Waals surface area contributed by atoms with E-state index in [1.165, 1.54) is 61.6 Å². The Bertz CT molecular complexity index is 3050. The molecule has 3 N–H and O–H groups in total. The second-order valence-corrected chi connectivity index (χ2v) is 27.9. The van der Waals surface area contributed by atoms with Crippen molar-refractivity contribution in [3.63, 3.8) is 0 Å². The van der Waals surface area contributed by atoms with Crippen molar-refractivity contribution in [1.29, 1.82) is 0 Å². The maximum absolute atomic E-state index is 15.9. The van der Waals surface area contributed by atoms with Crippen LogP contribution >= 0.6 is 0 Å². The van der Waals surface area contributed by atoms with Crippen LogP contribution in [-0.2, 0) is 60.7 Å². The molecule has 3 aliphatic rings. The van der Waals surface area contributed by atoms with Crippen LogP contribution in [0.25, 0.3) is 11.3 Å². The van der Waals surface area contributed by atoms with E-state index in [4.69, 9.17) is 9.72 Å². The third kappa shape index (κ3) is 18.1. The Labute approximate surface area is 546 Å². The second kappa shape index (κ2) is 32.5. The van der Waals surface area contributed by atoms with Crippen LogP contribution in [0.4, 0.5) is 5.82 Å². The number of aliphatic hydroxyl groups is 1. The number of anilines is 1. The van der Waals surface area contributed by atoms with E-state index in [9.17, 15) is 19.5 Å². The SMILES string of the molecule is CC[C@H](C)[C@@H]1NC(=O)[C@@H]2CCCN2C(=O)[C@H](Cc2cccc(-c3cccc(N4CCN(C)CC4)n3)c2)N(C)C(=O)[C@H](Cc2ccccc2)NC(=O)[C@H](C(C)C)N(C)C(=O)[C@@H]([C@@H](C)CC)OC(=O)[C@H](C(C)(C)O)N(C)C(=O)[C@H](CC(C)C)CC(=O)[C@H](C(C)C)N(C)C1=O. The van der Waals surface area contributed by atoms with Crippen LogP contribution in [0.2, 0.25) is 0 Å². The average molecular weight is 1280 g/mol. The highest BCUT2D eigenvalue weighted by Crippen LogP contribution is 2.31. The molecule has 506 valence electrons. The molecule has 6 rings (SSSR count). The summed E-state index contributed by atoms with van der Waals surface area (Å²) in [5.74, 6) is -8.42. The van der Waals surface area contributed by atoms with Crippen LogP contribution in [0.3, 0.4) is 0 Å². The van der Waals surface area contributed by atoms with Crippen molar-refractivity contribution in [3.05, 3.63) is 83.9 Å². The normalized spacial score (nSPS) is 25.8. The van der Waals surface area contributed by atoms with E-state index in [0.29, 0.717) is 36.1 Å². The van der Waals surface area contributed by atoms with E-state index in [1.54, 1.807) is 41.5 Å². The molecule has 0 radical (unpaired) electrons. The number of Topliss-reactive ketones (excluding diaryl/α,β-unsaturated/α-hetero) is 1. The minimum Gasteiger partial charge on any atom is -0.450 e. The summed E-state index contributed by atoms with van der Waals surface area (Å²) < 4.78 is 6.17. The molecule has 21 heteroatoms. The van der Waals surface area contributed by atoms with Gasteiger partial charge in [-0.05, 0) is 99.6 Å². The van der Waals surface area contributed by atoms with Crippen molar-refractivity contribution < 1.29 is 53.0 Å². The first kappa shape index (κ1) is 73.8. The van der Waals surface area contributed by atoms with Gasteiger partial charge >= 0.3 is 5.97 Å². The number of esters is 1. The van der Waals surface area contributed by atoms with Gasteiger partial charge in [0.2, 0.25) is 35.4 Å². The molecule has 2 aromatic carbocycles. The summed E-state index contributed by atoms with van der Waals surface area (Å²) in [6.45, 7) is 24.4. The van der Waals surface area contributed by atoms with Crippen LogP contribution in [0, 0.1) is 35.5 Å². The molecular formula is C71H106N10O11. The number of carbonyl (C=O) groups excluding carboxylic acids is 9. The van der Waals surface area contributed by atoms with Gasteiger partial charge in [-0.1, -0.05) is 130 Å². The highest BCUT2D eigenvalue weighted by atomic mass is 16.6. The molecule has 0 saturated carbocycles. The lowest BCUT2D eigenvalue weighted by Crippen LogP contribution is -2.61. The fraction of sp³-hybridized carbons (Fsp3) is 0.634. The zero-order valence-corrected chi connectivity index (χ0v) is 57.8. The largest absolute Gasteiger partial charge is 0.450 e. The molecule has 1 aromatic heterocycles. The molecule has 3 aromatic rings. The molecule has 92 heavy (non-hydrogen) atoms. The highest BCUT2D eigenvalue weighted by molar-refractivity contribution is 5.99. The van der Waals surface area contributed by atoms with Gasteiger partial charge in [-0.25, -0.2) is 9.78 Å². The van der Waals surface area contributed by atoms with Crippen molar-refractivity contribution in [2.45, 2.75) is 188 Å². The van der Waals surface area contributed by atoms with Crippen LogP contribution in [-0.4, -0.2) is 215 Å². The number of cyclic esters (lactones) is 1. The first-order chi connectivity index (χ1) is 43.3. The van der Waals surface area contributed by atoms with Gasteiger partial charge in [0.05, 0.1) is 17.3 Å². The minimum absolute atomic E-state index is 0.0252. The fourth-order valence-electron chi connectivity index (χ4n) is 13.4. The number of nitrogens with one attached hydrogen (secondary N) is 2. The van der Waals surface area contributed by atoms with Gasteiger partial charge in [0.25, 0.3) is 5.91 Å². The van der Waals surface area contributed by atoms with Gasteiger partial charge in [-0.2, -0.15) is 0 Å². The lowest BCUT2D eigenvalue weighted by molar-refractivity contribution is -0.178. The third-order valence-corrected chi connectivity index (χ3v) is 19.0. The first-order valence-corrected chi connectivity index (χ1v) is 33.3. The monoisotopic (exact) mass is 1270 g/mol. The number of ketones is 1. The number of nitrogens with zero attached hydrogens (tertiary/aromatic N) is 8. The summed E-state index contributed by atoms with van der Waals surface area (Å²) >= 11 is 0.